The second kappa shape index (κ2) is 7.76. The smallest absolute Gasteiger partial charge is 0.340 e. The fourth-order valence-corrected chi connectivity index (χ4v) is 4.19. The largest absolute Gasteiger partial charge is 0.465 e. The highest BCUT2D eigenvalue weighted by Gasteiger charge is 2.43. The van der Waals surface area contributed by atoms with Crippen LogP contribution in [0.5, 0.6) is 0 Å². The molecule has 0 bridgehead atoms. The Morgan fingerprint density at radius 1 is 1.07 bits per heavy atom. The first-order valence-electron chi connectivity index (χ1n) is 9.32. The van der Waals surface area contributed by atoms with Crippen molar-refractivity contribution < 1.29 is 19.1 Å². The molecule has 0 aromatic heterocycles. The fourth-order valence-electron chi connectivity index (χ4n) is 4.07. The van der Waals surface area contributed by atoms with Crippen molar-refractivity contribution >= 4 is 23.4 Å². The number of esters is 1. The maximum absolute atomic E-state index is 13.2. The lowest BCUT2D eigenvalue weighted by Gasteiger charge is -2.35. The van der Waals surface area contributed by atoms with Gasteiger partial charge in [-0.25, -0.2) is 4.79 Å². The molecule has 0 radical (unpaired) electrons. The zero-order valence-corrected chi connectivity index (χ0v) is 16.6. The van der Waals surface area contributed by atoms with Crippen LogP contribution in [0, 0.1) is 0 Å². The van der Waals surface area contributed by atoms with Gasteiger partial charge in [0, 0.05) is 23.4 Å². The van der Waals surface area contributed by atoms with Gasteiger partial charge >= 0.3 is 5.97 Å². The second-order valence-corrected chi connectivity index (χ2v) is 7.57. The van der Waals surface area contributed by atoms with E-state index in [9.17, 15) is 9.59 Å². The summed E-state index contributed by atoms with van der Waals surface area (Å²) in [6.45, 7) is 0. The molecule has 2 aromatic carbocycles. The van der Waals surface area contributed by atoms with Gasteiger partial charge in [0.15, 0.2) is 5.78 Å². The summed E-state index contributed by atoms with van der Waals surface area (Å²) in [7, 11) is 1.28. The third-order valence-corrected chi connectivity index (χ3v) is 5.67. The summed E-state index contributed by atoms with van der Waals surface area (Å²) >= 11 is 6.03. The number of carbonyl (C=O) groups is 2. The van der Waals surface area contributed by atoms with E-state index in [4.69, 9.17) is 26.8 Å². The topological polar surface area (TPSA) is 78.6 Å². The van der Waals surface area contributed by atoms with Gasteiger partial charge in [0.1, 0.15) is 11.3 Å². The number of hydrogen-bond acceptors (Lipinski definition) is 5. The molecular formula is C23H20ClNO4. The maximum Gasteiger partial charge on any atom is 0.340 e. The van der Waals surface area contributed by atoms with E-state index in [2.05, 4.69) is 0 Å². The Labute approximate surface area is 173 Å². The van der Waals surface area contributed by atoms with Gasteiger partial charge in [-0.2, -0.15) is 0 Å². The van der Waals surface area contributed by atoms with Crippen LogP contribution in [0.1, 0.15) is 35.8 Å². The lowest BCUT2D eigenvalue weighted by molar-refractivity contribution is -0.136. The molecule has 0 spiro atoms. The summed E-state index contributed by atoms with van der Waals surface area (Å²) in [6, 6.07) is 16.9. The number of rotatable bonds is 3. The average Bonchev–Trinajstić information content (AvgIpc) is 2.73. The first-order valence-corrected chi connectivity index (χ1v) is 9.69. The molecule has 6 heteroatoms. The van der Waals surface area contributed by atoms with E-state index < -0.39 is 11.9 Å². The summed E-state index contributed by atoms with van der Waals surface area (Å²) in [5, 5.41) is 0.561. The molecule has 1 aliphatic carbocycles. The Bertz CT molecular complexity index is 1020. The van der Waals surface area contributed by atoms with Gasteiger partial charge < -0.3 is 15.2 Å². The molecule has 5 nitrogen and oxygen atoms in total. The van der Waals surface area contributed by atoms with E-state index in [0.29, 0.717) is 29.2 Å². The third kappa shape index (κ3) is 3.54. The van der Waals surface area contributed by atoms with Gasteiger partial charge in [-0.15, -0.1) is 0 Å². The van der Waals surface area contributed by atoms with Crippen LogP contribution in [0.3, 0.4) is 0 Å². The number of hydrogen-bond donors (Lipinski definition) is 1. The molecule has 2 atom stereocenters. The number of halogens is 1. The minimum atomic E-state index is -0.646. The number of benzene rings is 2. The quantitative estimate of drug-likeness (QED) is 0.768. The number of nitrogens with two attached hydrogens (primary N) is 1. The van der Waals surface area contributed by atoms with Crippen LogP contribution in [-0.4, -0.2) is 18.9 Å². The molecule has 0 fully saturated rings. The van der Waals surface area contributed by atoms with Crippen molar-refractivity contribution in [3.63, 3.8) is 0 Å². The first-order chi connectivity index (χ1) is 14.0. The lowest BCUT2D eigenvalue weighted by atomic mass is 9.73. The molecule has 2 N–H and O–H groups in total. The zero-order valence-electron chi connectivity index (χ0n) is 15.9. The number of allylic oxidation sites excluding steroid dienone is 2. The molecule has 1 aliphatic heterocycles. The first kappa shape index (κ1) is 19.3. The zero-order chi connectivity index (χ0) is 20.5. The predicted molar refractivity (Wildman–Crippen MR) is 109 cm³/mol. The summed E-state index contributed by atoms with van der Waals surface area (Å²) in [5.74, 6) is -0.841. The SMILES string of the molecule is COC(=O)C1=C(N)OC2=C(C(=O)C[C@H](c3ccccc3)C2)[C@@H]1c1ccc(Cl)cc1. The Balaban J connectivity index is 1.81. The van der Waals surface area contributed by atoms with Crippen molar-refractivity contribution in [2.75, 3.05) is 7.11 Å². The van der Waals surface area contributed by atoms with E-state index >= 15 is 0 Å². The monoisotopic (exact) mass is 409 g/mol. The van der Waals surface area contributed by atoms with Gasteiger partial charge in [0.05, 0.1) is 13.0 Å². The van der Waals surface area contributed by atoms with Crippen molar-refractivity contribution in [3.8, 4) is 0 Å². The minimum Gasteiger partial charge on any atom is -0.465 e. The highest BCUT2D eigenvalue weighted by molar-refractivity contribution is 6.30. The Kier molecular flexibility index (Phi) is 5.16. The van der Waals surface area contributed by atoms with E-state index in [-0.39, 0.29) is 23.2 Å². The van der Waals surface area contributed by atoms with Gasteiger partial charge in [0.25, 0.3) is 0 Å². The summed E-state index contributed by atoms with van der Waals surface area (Å²) < 4.78 is 10.7. The van der Waals surface area contributed by atoms with Gasteiger partial charge in [-0.05, 0) is 29.2 Å². The second-order valence-electron chi connectivity index (χ2n) is 7.13. The normalized spacial score (nSPS) is 21.5. The van der Waals surface area contributed by atoms with Gasteiger partial charge in [-0.1, -0.05) is 54.1 Å². The number of ketones is 1. The van der Waals surface area contributed by atoms with Crippen LogP contribution in [0.2, 0.25) is 5.02 Å². The number of ether oxygens (including phenoxy) is 2. The van der Waals surface area contributed by atoms with Gasteiger partial charge in [0.2, 0.25) is 5.88 Å². The molecule has 29 heavy (non-hydrogen) atoms. The molecule has 0 saturated carbocycles. The van der Waals surface area contributed by atoms with Crippen molar-refractivity contribution in [2.45, 2.75) is 24.7 Å². The van der Waals surface area contributed by atoms with Crippen LogP contribution < -0.4 is 5.73 Å². The lowest BCUT2D eigenvalue weighted by Crippen LogP contribution is -2.32. The van der Waals surface area contributed by atoms with Crippen LogP contribution in [0.4, 0.5) is 0 Å². The van der Waals surface area contributed by atoms with Crippen LogP contribution in [0.25, 0.3) is 0 Å². The highest BCUT2D eigenvalue weighted by Crippen LogP contribution is 2.47. The molecular weight excluding hydrogens is 390 g/mol. The molecule has 4 rings (SSSR count). The number of Topliss-reactive ketones (excluding diaryl/α,β-unsaturated/α-hetero) is 1. The van der Waals surface area contributed by atoms with Crippen molar-refractivity contribution in [1.82, 2.24) is 0 Å². The standard InChI is InChI=1S/C23H20ClNO4/c1-28-23(27)21-19(14-7-9-16(24)10-8-14)20-17(26)11-15(12-18(20)29-22(21)25)13-5-3-2-4-6-13/h2-10,15,19H,11-12,25H2,1H3/t15-,19-/m0/s1. The summed E-state index contributed by atoms with van der Waals surface area (Å²) in [4.78, 5) is 25.7. The predicted octanol–water partition coefficient (Wildman–Crippen LogP) is 4.20. The van der Waals surface area contributed by atoms with E-state index in [0.717, 1.165) is 11.1 Å². The minimum absolute atomic E-state index is 0.000736. The van der Waals surface area contributed by atoms with Crippen molar-refractivity contribution in [1.29, 1.82) is 0 Å². The van der Waals surface area contributed by atoms with Crippen LogP contribution in [-0.2, 0) is 19.1 Å². The Hall–Kier alpha value is -3.05. The number of methoxy groups -OCH3 is 1. The summed E-state index contributed by atoms with van der Waals surface area (Å²) in [5.41, 5.74) is 8.55. The molecule has 148 valence electrons. The fraction of sp³-hybridized carbons (Fsp3) is 0.217. The molecule has 0 saturated heterocycles. The maximum atomic E-state index is 13.2. The summed E-state index contributed by atoms with van der Waals surface area (Å²) in [6.07, 6.45) is 0.870. The van der Waals surface area contributed by atoms with E-state index in [1.807, 2.05) is 30.3 Å². The average molecular weight is 410 g/mol. The Morgan fingerprint density at radius 2 is 1.76 bits per heavy atom. The molecule has 2 aromatic rings. The van der Waals surface area contributed by atoms with Gasteiger partial charge in [-0.3, -0.25) is 4.79 Å². The third-order valence-electron chi connectivity index (χ3n) is 5.42. The Morgan fingerprint density at radius 3 is 2.41 bits per heavy atom. The van der Waals surface area contributed by atoms with Crippen LogP contribution in [0.15, 0.2) is 77.4 Å². The molecule has 1 heterocycles. The highest BCUT2D eigenvalue weighted by atomic mass is 35.5. The van der Waals surface area contributed by atoms with Crippen molar-refractivity contribution in [2.24, 2.45) is 5.73 Å². The number of carbonyl (C=O) groups excluding carboxylic acids is 2. The molecule has 0 unspecified atom stereocenters. The van der Waals surface area contributed by atoms with Crippen molar-refractivity contribution in [3.05, 3.63) is 93.5 Å². The molecule has 2 aliphatic rings. The van der Waals surface area contributed by atoms with Crippen LogP contribution >= 0.6 is 11.6 Å². The van der Waals surface area contributed by atoms with E-state index in [1.165, 1.54) is 7.11 Å². The molecule has 0 amide bonds. The van der Waals surface area contributed by atoms with E-state index in [1.54, 1.807) is 24.3 Å².